The molecular formula is C33H40FNO6. The summed E-state index contributed by atoms with van der Waals surface area (Å²) in [5.41, 5.74) is 0.356. The average Bonchev–Trinajstić information content (AvgIpc) is 2.98. The molecule has 0 spiro atoms. The Labute approximate surface area is 240 Å². The first-order valence-corrected chi connectivity index (χ1v) is 14.7. The van der Waals surface area contributed by atoms with Gasteiger partial charge in [-0.3, -0.25) is 10.1 Å². The molecule has 2 fully saturated rings. The van der Waals surface area contributed by atoms with Gasteiger partial charge in [0.25, 0.3) is 0 Å². The lowest BCUT2D eigenvalue weighted by molar-refractivity contribution is -0.159. The smallest absolute Gasteiger partial charge is 0.312 e. The van der Waals surface area contributed by atoms with Crippen LogP contribution in [-0.4, -0.2) is 35.1 Å². The number of nitrogens with one attached hydrogen (secondary N) is 1. The van der Waals surface area contributed by atoms with Crippen LogP contribution in [0.3, 0.4) is 0 Å². The Morgan fingerprint density at radius 3 is 2.49 bits per heavy atom. The van der Waals surface area contributed by atoms with Crippen LogP contribution in [0.5, 0.6) is 11.5 Å². The molecule has 2 saturated carbocycles. The van der Waals surface area contributed by atoms with Gasteiger partial charge in [0.15, 0.2) is 17.9 Å². The molecule has 5 rings (SSSR count). The number of rotatable bonds is 10. The van der Waals surface area contributed by atoms with Crippen molar-refractivity contribution in [2.24, 2.45) is 5.41 Å². The quantitative estimate of drug-likeness (QED) is 0.196. The number of aliphatic hydroxyl groups excluding tert-OH is 1. The molecule has 0 atom stereocenters. The zero-order valence-corrected chi connectivity index (χ0v) is 23.6. The molecule has 7 nitrogen and oxygen atoms in total. The average molecular weight is 566 g/mol. The summed E-state index contributed by atoms with van der Waals surface area (Å²) in [6, 6.07) is 16.8. The lowest BCUT2D eigenvalue weighted by Crippen LogP contribution is -2.37. The second-order valence-electron chi connectivity index (χ2n) is 11.6. The van der Waals surface area contributed by atoms with Crippen molar-refractivity contribution in [2.45, 2.75) is 89.8 Å². The van der Waals surface area contributed by atoms with Crippen LogP contribution >= 0.6 is 0 Å². The SMILES string of the molecule is CC1(C(=O)OCc2cccc3ccccc23)CCC(Oc2cc(C(O)O)c(OCNC3CCCCC3)cc2F)CC1. The Kier molecular flexibility index (Phi) is 9.42. The van der Waals surface area contributed by atoms with E-state index in [0.717, 1.165) is 35.2 Å². The molecule has 3 aromatic rings. The van der Waals surface area contributed by atoms with Gasteiger partial charge in [-0.1, -0.05) is 61.7 Å². The molecule has 3 N–H and O–H groups in total. The highest BCUT2D eigenvalue weighted by Gasteiger charge is 2.40. The molecule has 2 aliphatic carbocycles. The Morgan fingerprint density at radius 1 is 1.00 bits per heavy atom. The zero-order valence-electron chi connectivity index (χ0n) is 23.6. The third kappa shape index (κ3) is 7.18. The summed E-state index contributed by atoms with van der Waals surface area (Å²) in [5, 5.41) is 25.3. The number of benzene rings is 3. The van der Waals surface area contributed by atoms with Crippen molar-refractivity contribution in [3.05, 3.63) is 71.5 Å². The Hall–Kier alpha value is -3.20. The second-order valence-corrected chi connectivity index (χ2v) is 11.6. The number of aliphatic hydroxyl groups is 2. The summed E-state index contributed by atoms with van der Waals surface area (Å²) < 4.78 is 32.4. The van der Waals surface area contributed by atoms with Gasteiger partial charge in [-0.15, -0.1) is 0 Å². The molecule has 0 aromatic heterocycles. The maximum absolute atomic E-state index is 15.0. The minimum Gasteiger partial charge on any atom is -0.487 e. The number of hydrogen-bond acceptors (Lipinski definition) is 7. The van der Waals surface area contributed by atoms with Gasteiger partial charge in [-0.2, -0.15) is 0 Å². The van der Waals surface area contributed by atoms with Gasteiger partial charge in [-0.05, 0) is 67.9 Å². The van der Waals surface area contributed by atoms with Crippen LogP contribution in [0.15, 0.2) is 54.6 Å². The van der Waals surface area contributed by atoms with Crippen LogP contribution in [0, 0.1) is 11.2 Å². The van der Waals surface area contributed by atoms with Crippen LogP contribution in [0.2, 0.25) is 0 Å². The summed E-state index contributed by atoms with van der Waals surface area (Å²) >= 11 is 0. The fourth-order valence-electron chi connectivity index (χ4n) is 5.98. The van der Waals surface area contributed by atoms with Crippen LogP contribution in [-0.2, 0) is 16.1 Å². The number of hydrogen-bond donors (Lipinski definition) is 3. The normalized spacial score (nSPS) is 21.6. The molecule has 0 saturated heterocycles. The molecule has 0 bridgehead atoms. The van der Waals surface area contributed by atoms with Gasteiger partial charge < -0.3 is 24.4 Å². The first-order chi connectivity index (χ1) is 19.8. The van der Waals surface area contributed by atoms with Crippen molar-refractivity contribution in [3.63, 3.8) is 0 Å². The van der Waals surface area contributed by atoms with Gasteiger partial charge in [0.05, 0.1) is 17.1 Å². The van der Waals surface area contributed by atoms with Crippen molar-refractivity contribution in [2.75, 3.05) is 6.73 Å². The molecule has 0 amide bonds. The third-order valence-electron chi connectivity index (χ3n) is 8.61. The molecule has 220 valence electrons. The minimum absolute atomic E-state index is 0.0458. The molecular weight excluding hydrogens is 525 g/mol. The lowest BCUT2D eigenvalue weighted by atomic mass is 9.74. The highest BCUT2D eigenvalue weighted by Crippen LogP contribution is 2.40. The molecule has 2 aliphatic rings. The lowest BCUT2D eigenvalue weighted by Gasteiger charge is -2.35. The summed E-state index contributed by atoms with van der Waals surface area (Å²) in [6.45, 7) is 2.27. The van der Waals surface area contributed by atoms with E-state index in [4.69, 9.17) is 14.2 Å². The monoisotopic (exact) mass is 565 g/mol. The van der Waals surface area contributed by atoms with E-state index in [9.17, 15) is 15.0 Å². The number of esters is 1. The summed E-state index contributed by atoms with van der Waals surface area (Å²) in [7, 11) is 0. The Balaban J connectivity index is 1.15. The number of fused-ring (bicyclic) bond motifs is 1. The van der Waals surface area contributed by atoms with Crippen molar-refractivity contribution >= 4 is 16.7 Å². The van der Waals surface area contributed by atoms with E-state index in [2.05, 4.69) is 5.32 Å². The van der Waals surface area contributed by atoms with E-state index >= 15 is 4.39 Å². The van der Waals surface area contributed by atoms with Crippen LogP contribution in [0.1, 0.15) is 82.1 Å². The van der Waals surface area contributed by atoms with Gasteiger partial charge in [-0.25, -0.2) is 4.39 Å². The number of carbonyl (C=O) groups is 1. The highest BCUT2D eigenvalue weighted by molar-refractivity contribution is 5.86. The second kappa shape index (κ2) is 13.2. The molecule has 41 heavy (non-hydrogen) atoms. The molecule has 0 radical (unpaired) electrons. The zero-order chi connectivity index (χ0) is 28.8. The Bertz CT molecular complexity index is 1330. The fraction of sp³-hybridized carbons (Fsp3) is 0.485. The molecule has 0 aliphatic heterocycles. The first kappa shape index (κ1) is 29.3. The van der Waals surface area contributed by atoms with E-state index in [1.165, 1.54) is 25.3 Å². The number of ether oxygens (including phenoxy) is 3. The maximum atomic E-state index is 15.0. The standard InChI is InChI=1S/C33H40FNO6/c1-33(32(38)39-20-23-10-7-9-22-8-5-6-13-26(22)23)16-14-25(15-17-33)41-30-18-27(31(36)37)29(19-28(30)34)40-21-35-24-11-3-2-4-12-24/h5-10,13,18-19,24-25,31,35-37H,2-4,11-12,14-17,20-21H2,1H3. The van der Waals surface area contributed by atoms with E-state index in [0.29, 0.717) is 31.7 Å². The minimum atomic E-state index is -1.84. The Morgan fingerprint density at radius 2 is 1.73 bits per heavy atom. The van der Waals surface area contributed by atoms with Gasteiger partial charge in [0, 0.05) is 12.1 Å². The molecule has 8 heteroatoms. The highest BCUT2D eigenvalue weighted by atomic mass is 19.1. The number of halogens is 1. The van der Waals surface area contributed by atoms with E-state index < -0.39 is 17.5 Å². The van der Waals surface area contributed by atoms with Crippen molar-refractivity contribution in [1.29, 1.82) is 0 Å². The first-order valence-electron chi connectivity index (χ1n) is 14.7. The topological polar surface area (TPSA) is 97.3 Å². The van der Waals surface area contributed by atoms with Crippen LogP contribution in [0.4, 0.5) is 4.39 Å². The summed E-state index contributed by atoms with van der Waals surface area (Å²) in [4.78, 5) is 13.1. The predicted molar refractivity (Wildman–Crippen MR) is 154 cm³/mol. The van der Waals surface area contributed by atoms with Crippen LogP contribution < -0.4 is 14.8 Å². The number of carbonyl (C=O) groups excluding carboxylic acids is 1. The van der Waals surface area contributed by atoms with E-state index in [1.807, 2.05) is 49.4 Å². The van der Waals surface area contributed by atoms with Crippen LogP contribution in [0.25, 0.3) is 10.8 Å². The van der Waals surface area contributed by atoms with Crippen molar-refractivity contribution < 1.29 is 33.6 Å². The maximum Gasteiger partial charge on any atom is 0.312 e. The van der Waals surface area contributed by atoms with Gasteiger partial charge >= 0.3 is 5.97 Å². The third-order valence-corrected chi connectivity index (χ3v) is 8.61. The molecule has 0 unspecified atom stereocenters. The van der Waals surface area contributed by atoms with Gasteiger partial charge in [0.1, 0.15) is 19.1 Å². The van der Waals surface area contributed by atoms with Gasteiger partial charge in [0.2, 0.25) is 0 Å². The molecule has 0 heterocycles. The summed E-state index contributed by atoms with van der Waals surface area (Å²) in [5.74, 6) is -0.875. The fourth-order valence-corrected chi connectivity index (χ4v) is 5.98. The van der Waals surface area contributed by atoms with Crippen molar-refractivity contribution in [3.8, 4) is 11.5 Å². The van der Waals surface area contributed by atoms with E-state index in [1.54, 1.807) is 0 Å². The van der Waals surface area contributed by atoms with E-state index in [-0.39, 0.29) is 42.5 Å². The van der Waals surface area contributed by atoms with Crippen molar-refractivity contribution in [1.82, 2.24) is 5.32 Å². The summed E-state index contributed by atoms with van der Waals surface area (Å²) in [6.07, 6.45) is 5.74. The molecule has 3 aromatic carbocycles. The predicted octanol–water partition coefficient (Wildman–Crippen LogP) is 6.29. The largest absolute Gasteiger partial charge is 0.487 e.